The largest absolute Gasteiger partial charge is 0.453 e. The summed E-state index contributed by atoms with van der Waals surface area (Å²) in [7, 11) is 0. The van der Waals surface area contributed by atoms with E-state index in [0.717, 1.165) is 10.0 Å². The van der Waals surface area contributed by atoms with E-state index >= 15 is 0 Å². The Morgan fingerprint density at radius 3 is 2.74 bits per heavy atom. The summed E-state index contributed by atoms with van der Waals surface area (Å²) >= 11 is 8.26. The number of ether oxygens (including phenoxy) is 1. The normalized spacial score (nSPS) is 10.3. The van der Waals surface area contributed by atoms with Gasteiger partial charge in [0.1, 0.15) is 10.7 Å². The lowest BCUT2D eigenvalue weighted by Gasteiger charge is -2.13. The summed E-state index contributed by atoms with van der Waals surface area (Å²) in [5, 5.41) is 0. The van der Waals surface area contributed by atoms with Crippen LogP contribution in [-0.2, 0) is 0 Å². The van der Waals surface area contributed by atoms with Gasteiger partial charge in [-0.3, -0.25) is 0 Å². The van der Waals surface area contributed by atoms with Crippen molar-refractivity contribution in [2.24, 2.45) is 5.73 Å². The van der Waals surface area contributed by atoms with Gasteiger partial charge in [-0.05, 0) is 36.8 Å². The van der Waals surface area contributed by atoms with Crippen LogP contribution >= 0.6 is 28.1 Å². The van der Waals surface area contributed by atoms with Crippen LogP contribution in [0.25, 0.3) is 0 Å². The standard InChI is InChI=1S/C14H11BrFNOS/c1-8-3-2-4-10(14(17)19)13(8)18-12-7-9(15)5-6-11(12)16/h2-7H,1H3,(H2,17,19). The average Bonchev–Trinajstić information content (AvgIpc) is 2.35. The number of rotatable bonds is 3. The van der Waals surface area contributed by atoms with Crippen molar-refractivity contribution in [2.45, 2.75) is 6.92 Å². The molecule has 0 saturated heterocycles. The molecule has 0 amide bonds. The molecule has 0 heterocycles. The molecule has 2 aromatic rings. The van der Waals surface area contributed by atoms with Crippen LogP contribution in [0, 0.1) is 12.7 Å². The molecular weight excluding hydrogens is 329 g/mol. The lowest BCUT2D eigenvalue weighted by molar-refractivity contribution is 0.438. The minimum atomic E-state index is -0.444. The van der Waals surface area contributed by atoms with Crippen molar-refractivity contribution in [2.75, 3.05) is 0 Å². The van der Waals surface area contributed by atoms with Crippen molar-refractivity contribution < 1.29 is 9.13 Å². The quantitative estimate of drug-likeness (QED) is 0.845. The third kappa shape index (κ3) is 3.11. The predicted molar refractivity (Wildman–Crippen MR) is 81.2 cm³/mol. The molecule has 2 rings (SSSR count). The Morgan fingerprint density at radius 2 is 2.05 bits per heavy atom. The zero-order chi connectivity index (χ0) is 14.0. The highest BCUT2D eigenvalue weighted by atomic mass is 79.9. The lowest BCUT2D eigenvalue weighted by Crippen LogP contribution is -2.11. The molecule has 0 aliphatic carbocycles. The third-order valence-corrected chi connectivity index (χ3v) is 3.30. The van der Waals surface area contributed by atoms with Crippen LogP contribution in [0.1, 0.15) is 11.1 Å². The summed E-state index contributed by atoms with van der Waals surface area (Å²) in [6.07, 6.45) is 0. The molecule has 0 radical (unpaired) electrons. The number of hydrogen-bond acceptors (Lipinski definition) is 2. The number of nitrogens with two attached hydrogens (primary N) is 1. The van der Waals surface area contributed by atoms with Crippen molar-refractivity contribution >= 4 is 33.1 Å². The van der Waals surface area contributed by atoms with E-state index in [0.29, 0.717) is 11.3 Å². The number of hydrogen-bond donors (Lipinski definition) is 1. The van der Waals surface area contributed by atoms with Crippen molar-refractivity contribution in [3.63, 3.8) is 0 Å². The van der Waals surface area contributed by atoms with E-state index in [2.05, 4.69) is 15.9 Å². The van der Waals surface area contributed by atoms with E-state index in [1.54, 1.807) is 18.2 Å². The maximum absolute atomic E-state index is 13.7. The number of para-hydroxylation sites is 1. The highest BCUT2D eigenvalue weighted by Gasteiger charge is 2.13. The molecule has 2 nitrogen and oxygen atoms in total. The molecule has 5 heteroatoms. The van der Waals surface area contributed by atoms with Gasteiger partial charge >= 0.3 is 0 Å². The Bertz CT molecular complexity index is 645. The first-order chi connectivity index (χ1) is 8.99. The smallest absolute Gasteiger partial charge is 0.165 e. The Hall–Kier alpha value is -1.46. The molecule has 0 aliphatic heterocycles. The summed E-state index contributed by atoms with van der Waals surface area (Å²) < 4.78 is 20.1. The van der Waals surface area contributed by atoms with Gasteiger partial charge in [0.05, 0.1) is 5.56 Å². The minimum absolute atomic E-state index is 0.126. The summed E-state index contributed by atoms with van der Waals surface area (Å²) in [4.78, 5) is 0.217. The maximum Gasteiger partial charge on any atom is 0.165 e. The van der Waals surface area contributed by atoms with Gasteiger partial charge in [0, 0.05) is 4.47 Å². The highest BCUT2D eigenvalue weighted by molar-refractivity contribution is 9.10. The zero-order valence-electron chi connectivity index (χ0n) is 10.1. The molecule has 0 aromatic heterocycles. The monoisotopic (exact) mass is 339 g/mol. The van der Waals surface area contributed by atoms with Crippen LogP contribution in [0.5, 0.6) is 11.5 Å². The predicted octanol–water partition coefficient (Wildman–Crippen LogP) is 4.32. The Morgan fingerprint density at radius 1 is 1.32 bits per heavy atom. The van der Waals surface area contributed by atoms with Crippen molar-refractivity contribution in [3.05, 3.63) is 57.8 Å². The van der Waals surface area contributed by atoms with Crippen molar-refractivity contribution in [3.8, 4) is 11.5 Å². The Kier molecular flexibility index (Phi) is 4.17. The van der Waals surface area contributed by atoms with Crippen molar-refractivity contribution in [1.29, 1.82) is 0 Å². The Labute approximate surface area is 124 Å². The minimum Gasteiger partial charge on any atom is -0.453 e. The second-order valence-corrected chi connectivity index (χ2v) is 5.35. The first-order valence-electron chi connectivity index (χ1n) is 5.51. The molecule has 0 aliphatic rings. The van der Waals surface area contributed by atoms with Gasteiger partial charge < -0.3 is 10.5 Å². The van der Waals surface area contributed by atoms with Gasteiger partial charge in [-0.2, -0.15) is 0 Å². The van der Waals surface area contributed by atoms with Gasteiger partial charge in [0.2, 0.25) is 0 Å². The van der Waals surface area contributed by atoms with E-state index in [1.807, 2.05) is 19.1 Å². The molecule has 19 heavy (non-hydrogen) atoms. The van der Waals surface area contributed by atoms with Gasteiger partial charge in [0.15, 0.2) is 11.6 Å². The molecule has 0 unspecified atom stereocenters. The van der Waals surface area contributed by atoms with E-state index in [4.69, 9.17) is 22.7 Å². The van der Waals surface area contributed by atoms with Crippen LogP contribution in [-0.4, -0.2) is 4.99 Å². The first-order valence-corrected chi connectivity index (χ1v) is 6.71. The second kappa shape index (κ2) is 5.67. The SMILES string of the molecule is Cc1cccc(C(N)=S)c1Oc1cc(Br)ccc1F. The molecule has 2 aromatic carbocycles. The lowest BCUT2D eigenvalue weighted by atomic mass is 10.1. The molecule has 0 spiro atoms. The van der Waals surface area contributed by atoms with E-state index in [1.165, 1.54) is 6.07 Å². The maximum atomic E-state index is 13.7. The number of aryl methyl sites for hydroxylation is 1. The van der Waals surface area contributed by atoms with Gasteiger partial charge in [-0.1, -0.05) is 40.3 Å². The molecule has 98 valence electrons. The second-order valence-electron chi connectivity index (χ2n) is 3.99. The topological polar surface area (TPSA) is 35.2 Å². The van der Waals surface area contributed by atoms with Crippen LogP contribution in [0.3, 0.4) is 0 Å². The van der Waals surface area contributed by atoms with Crippen LogP contribution < -0.4 is 10.5 Å². The summed E-state index contributed by atoms with van der Waals surface area (Å²) in [5.74, 6) is 0.161. The average molecular weight is 340 g/mol. The fourth-order valence-corrected chi connectivity index (χ4v) is 2.15. The van der Waals surface area contributed by atoms with E-state index in [9.17, 15) is 4.39 Å². The molecule has 0 bridgehead atoms. The zero-order valence-corrected chi connectivity index (χ0v) is 12.5. The van der Waals surface area contributed by atoms with Gasteiger partial charge in [-0.25, -0.2) is 4.39 Å². The summed E-state index contributed by atoms with van der Waals surface area (Å²) in [6, 6.07) is 9.93. The number of benzene rings is 2. The molecule has 2 N–H and O–H groups in total. The first kappa shape index (κ1) is 14.0. The highest BCUT2D eigenvalue weighted by Crippen LogP contribution is 2.32. The van der Waals surface area contributed by atoms with Crippen LogP contribution in [0.2, 0.25) is 0 Å². The van der Waals surface area contributed by atoms with Gasteiger partial charge in [0.25, 0.3) is 0 Å². The van der Waals surface area contributed by atoms with E-state index in [-0.39, 0.29) is 10.7 Å². The molecular formula is C14H11BrFNOS. The number of halogens is 2. The Balaban J connectivity index is 2.49. The number of thiocarbonyl (C=S) groups is 1. The summed E-state index contributed by atoms with van der Waals surface area (Å²) in [6.45, 7) is 1.85. The molecule has 0 atom stereocenters. The molecule has 0 fully saturated rings. The van der Waals surface area contributed by atoms with Gasteiger partial charge in [-0.15, -0.1) is 0 Å². The van der Waals surface area contributed by atoms with Crippen LogP contribution in [0.4, 0.5) is 4.39 Å². The fraction of sp³-hybridized carbons (Fsp3) is 0.0714. The third-order valence-electron chi connectivity index (χ3n) is 2.58. The molecule has 0 saturated carbocycles. The van der Waals surface area contributed by atoms with Crippen molar-refractivity contribution in [1.82, 2.24) is 0 Å². The summed E-state index contributed by atoms with van der Waals surface area (Å²) in [5.41, 5.74) is 7.08. The van der Waals surface area contributed by atoms with E-state index < -0.39 is 5.82 Å². The fourth-order valence-electron chi connectivity index (χ4n) is 1.65. The van der Waals surface area contributed by atoms with Crippen LogP contribution in [0.15, 0.2) is 40.9 Å².